The zero-order chi connectivity index (χ0) is 25.5. The molecule has 1 saturated heterocycles. The number of nitrogens with zero attached hydrogens (tertiary/aromatic N) is 3. The molecule has 1 atom stereocenters. The lowest BCUT2D eigenvalue weighted by Crippen LogP contribution is -2.40. The van der Waals surface area contributed by atoms with Crippen LogP contribution in [0.25, 0.3) is 10.9 Å². The van der Waals surface area contributed by atoms with E-state index in [0.29, 0.717) is 30.1 Å². The fourth-order valence-electron chi connectivity index (χ4n) is 4.24. The van der Waals surface area contributed by atoms with Gasteiger partial charge in [-0.2, -0.15) is 5.01 Å². The molecule has 9 nitrogen and oxygen atoms in total. The van der Waals surface area contributed by atoms with Crippen LogP contribution in [-0.4, -0.2) is 57.5 Å². The maximum atomic E-state index is 12.5. The number of hydrogen-bond donors (Lipinski definition) is 2. The van der Waals surface area contributed by atoms with Crippen molar-refractivity contribution < 1.29 is 19.1 Å². The highest BCUT2D eigenvalue weighted by atomic mass is 79.9. The van der Waals surface area contributed by atoms with E-state index in [4.69, 9.17) is 4.74 Å². The Labute approximate surface area is 213 Å². The number of carbonyl (C=O) groups is 3. The van der Waals surface area contributed by atoms with Crippen molar-refractivity contribution in [3.63, 3.8) is 0 Å². The third-order valence-electron chi connectivity index (χ3n) is 6.08. The van der Waals surface area contributed by atoms with Gasteiger partial charge in [0.2, 0.25) is 0 Å². The first-order valence-electron chi connectivity index (χ1n) is 11.6. The second-order valence-corrected chi connectivity index (χ2v) is 10.9. The molecule has 2 N–H and O–H groups in total. The summed E-state index contributed by atoms with van der Waals surface area (Å²) in [6, 6.07) is 7.74. The number of ether oxygens (including phenoxy) is 1. The van der Waals surface area contributed by atoms with Gasteiger partial charge < -0.3 is 10.1 Å². The minimum absolute atomic E-state index is 0.00144. The average Bonchev–Trinajstić information content (AvgIpc) is 3.26. The summed E-state index contributed by atoms with van der Waals surface area (Å²) < 4.78 is 6.26. The third-order valence-corrected chi connectivity index (χ3v) is 6.57. The average molecular weight is 544 g/mol. The number of hydrogen-bond acceptors (Lipinski definition) is 7. The predicted molar refractivity (Wildman–Crippen MR) is 136 cm³/mol. The molecule has 10 heteroatoms. The van der Waals surface area contributed by atoms with Gasteiger partial charge in [0.05, 0.1) is 5.52 Å². The molecule has 0 spiro atoms. The molecule has 3 amide bonds. The van der Waals surface area contributed by atoms with Crippen LogP contribution in [0.2, 0.25) is 0 Å². The molecule has 1 unspecified atom stereocenters. The van der Waals surface area contributed by atoms with Crippen LogP contribution in [-0.2, 0) is 20.9 Å². The summed E-state index contributed by atoms with van der Waals surface area (Å²) in [4.78, 5) is 44.1. The van der Waals surface area contributed by atoms with Crippen LogP contribution in [0.3, 0.4) is 0 Å². The van der Waals surface area contributed by atoms with Crippen LogP contribution in [0.15, 0.2) is 39.9 Å². The molecule has 1 aromatic carbocycles. The Morgan fingerprint density at radius 3 is 2.51 bits per heavy atom. The van der Waals surface area contributed by atoms with Crippen LogP contribution in [0.5, 0.6) is 0 Å². The molecule has 0 saturated carbocycles. The number of rotatable bonds is 5. The number of fused-ring (bicyclic) bond motifs is 1. The van der Waals surface area contributed by atoms with Crippen LogP contribution >= 0.6 is 15.9 Å². The second kappa shape index (κ2) is 9.58. The van der Waals surface area contributed by atoms with E-state index in [1.54, 1.807) is 13.8 Å². The Balaban J connectivity index is 1.52. The number of halogens is 1. The Kier molecular flexibility index (Phi) is 6.88. The highest BCUT2D eigenvalue weighted by Gasteiger charge is 2.34. The first-order valence-corrected chi connectivity index (χ1v) is 12.3. The van der Waals surface area contributed by atoms with Crippen molar-refractivity contribution in [2.75, 3.05) is 18.5 Å². The van der Waals surface area contributed by atoms with Crippen molar-refractivity contribution in [1.29, 1.82) is 0 Å². The van der Waals surface area contributed by atoms with Gasteiger partial charge in [-0.15, -0.1) is 0 Å². The van der Waals surface area contributed by atoms with Crippen molar-refractivity contribution in [3.8, 4) is 0 Å². The van der Waals surface area contributed by atoms with Gasteiger partial charge in [0.15, 0.2) is 0 Å². The van der Waals surface area contributed by atoms with Crippen molar-refractivity contribution in [2.45, 2.75) is 59.2 Å². The number of alkyl carbamates (subject to hydrolysis) is 1. The van der Waals surface area contributed by atoms with Gasteiger partial charge in [-0.1, -0.05) is 22.0 Å². The SMILES string of the molecule is CC1=C(C)C(=O)N(Nc2cc(CN3CCC(NC(=O)OC(C)(C)C)C3)c3ccc(Br)cc3n2)C1=O. The van der Waals surface area contributed by atoms with Gasteiger partial charge in [0.1, 0.15) is 11.4 Å². The number of anilines is 1. The van der Waals surface area contributed by atoms with Gasteiger partial charge in [-0.05, 0) is 64.8 Å². The van der Waals surface area contributed by atoms with E-state index in [9.17, 15) is 14.4 Å². The van der Waals surface area contributed by atoms with Gasteiger partial charge >= 0.3 is 6.09 Å². The first-order chi connectivity index (χ1) is 16.4. The molecule has 0 bridgehead atoms. The van der Waals surface area contributed by atoms with Gasteiger partial charge in [0.25, 0.3) is 11.8 Å². The molecule has 0 aliphatic carbocycles. The fraction of sp³-hybridized carbons (Fsp3) is 0.440. The molecule has 4 rings (SSSR count). The van der Waals surface area contributed by atoms with E-state index in [0.717, 1.165) is 38.9 Å². The smallest absolute Gasteiger partial charge is 0.407 e. The number of likely N-dealkylation sites (tertiary alicyclic amines) is 1. The molecule has 2 aromatic rings. The van der Waals surface area contributed by atoms with E-state index >= 15 is 0 Å². The van der Waals surface area contributed by atoms with Gasteiger partial charge in [0, 0.05) is 46.7 Å². The number of hydrazine groups is 1. The Hall–Kier alpha value is -2.98. The second-order valence-electron chi connectivity index (χ2n) is 10.0. The van der Waals surface area contributed by atoms with Crippen LogP contribution in [0, 0.1) is 0 Å². The standard InChI is InChI=1S/C25H30BrN5O4/c1-14-15(2)23(33)31(22(14)32)29-21-10-16(19-7-6-17(26)11-20(19)28-21)12-30-9-8-18(13-30)27-24(34)35-25(3,4)5/h6-7,10-11,18H,8-9,12-13H2,1-5H3,(H,27,34)(H,28,29). The maximum Gasteiger partial charge on any atom is 0.407 e. The Morgan fingerprint density at radius 2 is 1.86 bits per heavy atom. The van der Waals surface area contributed by atoms with E-state index in [1.807, 2.05) is 45.0 Å². The topological polar surface area (TPSA) is 104 Å². The highest BCUT2D eigenvalue weighted by molar-refractivity contribution is 9.10. The van der Waals surface area contributed by atoms with E-state index in [-0.39, 0.29) is 17.9 Å². The quantitative estimate of drug-likeness (QED) is 0.546. The molecule has 35 heavy (non-hydrogen) atoms. The lowest BCUT2D eigenvalue weighted by molar-refractivity contribution is -0.135. The zero-order valence-corrected chi connectivity index (χ0v) is 22.2. The highest BCUT2D eigenvalue weighted by Crippen LogP contribution is 2.28. The number of amides is 3. The van der Waals surface area contributed by atoms with Gasteiger partial charge in [-0.3, -0.25) is 19.9 Å². The van der Waals surface area contributed by atoms with Crippen molar-refractivity contribution >= 4 is 50.6 Å². The molecule has 0 radical (unpaired) electrons. The summed E-state index contributed by atoms with van der Waals surface area (Å²) in [5.74, 6) is -0.334. The minimum Gasteiger partial charge on any atom is -0.444 e. The number of benzene rings is 1. The molecule has 1 fully saturated rings. The monoisotopic (exact) mass is 543 g/mol. The summed E-state index contributed by atoms with van der Waals surface area (Å²) in [6.45, 7) is 10.9. The van der Waals surface area contributed by atoms with Crippen LogP contribution in [0.1, 0.15) is 46.6 Å². The molecule has 186 valence electrons. The summed E-state index contributed by atoms with van der Waals surface area (Å²) in [5, 5.41) is 4.94. The van der Waals surface area contributed by atoms with Crippen molar-refractivity contribution in [3.05, 3.63) is 45.4 Å². The van der Waals surface area contributed by atoms with E-state index in [2.05, 4.69) is 36.6 Å². The maximum absolute atomic E-state index is 12.5. The summed E-state index contributed by atoms with van der Waals surface area (Å²) in [5.41, 5.74) is 4.96. The number of aromatic nitrogens is 1. The number of pyridine rings is 1. The largest absolute Gasteiger partial charge is 0.444 e. The molecule has 1 aromatic heterocycles. The molecule has 2 aliphatic heterocycles. The van der Waals surface area contributed by atoms with Gasteiger partial charge in [-0.25, -0.2) is 9.78 Å². The van der Waals surface area contributed by atoms with Crippen LogP contribution in [0.4, 0.5) is 10.6 Å². The van der Waals surface area contributed by atoms with Crippen molar-refractivity contribution in [1.82, 2.24) is 20.2 Å². The Morgan fingerprint density at radius 1 is 1.17 bits per heavy atom. The number of imide groups is 1. The molecular formula is C25H30BrN5O4. The predicted octanol–water partition coefficient (Wildman–Crippen LogP) is 4.13. The lowest BCUT2D eigenvalue weighted by atomic mass is 10.1. The minimum atomic E-state index is -0.541. The summed E-state index contributed by atoms with van der Waals surface area (Å²) in [7, 11) is 0. The lowest BCUT2D eigenvalue weighted by Gasteiger charge is -2.22. The Bertz CT molecular complexity index is 1210. The third kappa shape index (κ3) is 5.65. The summed E-state index contributed by atoms with van der Waals surface area (Å²) in [6.07, 6.45) is 0.411. The number of nitrogens with one attached hydrogen (secondary N) is 2. The van der Waals surface area contributed by atoms with Crippen molar-refractivity contribution in [2.24, 2.45) is 0 Å². The zero-order valence-electron chi connectivity index (χ0n) is 20.6. The fourth-order valence-corrected chi connectivity index (χ4v) is 4.58. The number of carbonyl (C=O) groups excluding carboxylic acids is 3. The first kappa shape index (κ1) is 25.1. The molecular weight excluding hydrogens is 514 g/mol. The van der Waals surface area contributed by atoms with E-state index in [1.165, 1.54) is 0 Å². The molecule has 3 heterocycles. The normalized spacial score (nSPS) is 19.1. The van der Waals surface area contributed by atoms with E-state index < -0.39 is 11.7 Å². The molecule has 2 aliphatic rings. The summed E-state index contributed by atoms with van der Waals surface area (Å²) >= 11 is 3.50. The van der Waals surface area contributed by atoms with Crippen LogP contribution < -0.4 is 10.7 Å².